The van der Waals surface area contributed by atoms with E-state index in [0.29, 0.717) is 18.7 Å². The van der Waals surface area contributed by atoms with Gasteiger partial charge in [0.2, 0.25) is 5.36 Å². The highest BCUT2D eigenvalue weighted by molar-refractivity contribution is 5.95. The van der Waals surface area contributed by atoms with Crippen molar-refractivity contribution in [1.82, 2.24) is 9.89 Å². The molecule has 6 heteroatoms. The van der Waals surface area contributed by atoms with Gasteiger partial charge in [-0.3, -0.25) is 4.79 Å². The molecule has 0 fully saturated rings. The number of benzene rings is 3. The lowest BCUT2D eigenvalue weighted by Crippen LogP contribution is -2.45. The van der Waals surface area contributed by atoms with Gasteiger partial charge in [-0.1, -0.05) is 12.1 Å². The third-order valence-corrected chi connectivity index (χ3v) is 9.79. The van der Waals surface area contributed by atoms with Gasteiger partial charge >= 0.3 is 0 Å². The van der Waals surface area contributed by atoms with Crippen LogP contribution in [0.5, 0.6) is 11.5 Å². The molecule has 3 aromatic rings. The zero-order chi connectivity index (χ0) is 27.5. The van der Waals surface area contributed by atoms with Crippen molar-refractivity contribution in [1.29, 1.82) is 0 Å². The number of ether oxygens (including phenoxy) is 1. The summed E-state index contributed by atoms with van der Waals surface area (Å²) in [7, 11) is 0. The van der Waals surface area contributed by atoms with Gasteiger partial charge in [-0.05, 0) is 86.9 Å². The Bertz CT molecular complexity index is 1700. The molecule has 6 nitrogen and oxygen atoms in total. The fourth-order valence-electron chi connectivity index (χ4n) is 8.02. The summed E-state index contributed by atoms with van der Waals surface area (Å²) >= 11 is 0. The minimum absolute atomic E-state index is 0.0417. The lowest BCUT2D eigenvalue weighted by atomic mass is 9.82. The summed E-state index contributed by atoms with van der Waals surface area (Å²) in [4.78, 5) is 15.4. The van der Waals surface area contributed by atoms with E-state index in [1.54, 1.807) is 0 Å². The summed E-state index contributed by atoms with van der Waals surface area (Å²) in [5.74, 6) is 2.11. The molecule has 5 heterocycles. The first-order valence-electron chi connectivity index (χ1n) is 15.7. The molecule has 0 bridgehead atoms. The number of nitrogens with zero attached hydrogens (tertiary/aromatic N) is 2. The Kier molecular flexibility index (Phi) is 6.13. The second-order valence-corrected chi connectivity index (χ2v) is 12.3. The number of anilines is 1. The molecule has 0 aromatic heterocycles. The summed E-state index contributed by atoms with van der Waals surface area (Å²) in [6.07, 6.45) is 9.93. The van der Waals surface area contributed by atoms with Crippen molar-refractivity contribution >= 4 is 17.2 Å². The molecule has 5 aliphatic heterocycles. The average molecular weight is 548 g/mol. The number of fused-ring (bicyclic) bond motifs is 4. The molecule has 0 saturated heterocycles. The van der Waals surface area contributed by atoms with Crippen LogP contribution in [-0.4, -0.2) is 45.2 Å². The number of amides is 1. The van der Waals surface area contributed by atoms with Gasteiger partial charge in [0.05, 0.1) is 5.56 Å². The van der Waals surface area contributed by atoms with Crippen molar-refractivity contribution < 1.29 is 9.53 Å². The predicted molar refractivity (Wildman–Crippen MR) is 163 cm³/mol. The summed E-state index contributed by atoms with van der Waals surface area (Å²) in [5, 5.41) is 5.67. The maximum Gasteiger partial charge on any atom is 0.251 e. The van der Waals surface area contributed by atoms with E-state index < -0.39 is 0 Å². The van der Waals surface area contributed by atoms with Crippen LogP contribution in [0.4, 0.5) is 5.69 Å². The van der Waals surface area contributed by atoms with Gasteiger partial charge in [0.25, 0.3) is 5.91 Å². The molecule has 0 saturated carbocycles. The Balaban J connectivity index is 1.37. The Morgan fingerprint density at radius 1 is 0.902 bits per heavy atom. The third kappa shape index (κ3) is 4.02. The lowest BCUT2D eigenvalue weighted by Gasteiger charge is -2.39. The largest absolute Gasteiger partial charge is 0.455 e. The predicted octanol–water partition coefficient (Wildman–Crippen LogP) is 3.20. The van der Waals surface area contributed by atoms with Gasteiger partial charge < -0.3 is 20.7 Å². The number of rotatable bonds is 5. The van der Waals surface area contributed by atoms with Crippen LogP contribution in [0.15, 0.2) is 36.4 Å². The summed E-state index contributed by atoms with van der Waals surface area (Å²) in [5.41, 5.74) is 17.1. The van der Waals surface area contributed by atoms with Crippen molar-refractivity contribution in [2.24, 2.45) is 5.73 Å². The maximum atomic E-state index is 12.8. The molecule has 0 spiro atoms. The topological polar surface area (TPSA) is 70.6 Å². The Hall–Kier alpha value is -3.64. The van der Waals surface area contributed by atoms with Crippen molar-refractivity contribution in [3.05, 3.63) is 85.9 Å². The van der Waals surface area contributed by atoms with Crippen LogP contribution in [0, 0.1) is 0 Å². The van der Waals surface area contributed by atoms with E-state index in [0.717, 1.165) is 75.3 Å². The van der Waals surface area contributed by atoms with Crippen LogP contribution in [0.25, 0.3) is 5.57 Å². The van der Waals surface area contributed by atoms with Gasteiger partial charge in [-0.15, -0.1) is 0 Å². The van der Waals surface area contributed by atoms with E-state index in [4.69, 9.17) is 10.5 Å². The second-order valence-electron chi connectivity index (χ2n) is 12.3. The molecule has 0 radical (unpaired) electrons. The monoisotopic (exact) mass is 547 g/mol. The fraction of sp³-hybridized carbons (Fsp3) is 0.429. The molecule has 8 rings (SSSR count). The SMILES string of the molecule is NCCCNC(=O)c1ccc(C2=c3cc4c5c(c3Oc3c2cc2c6c3CCCN6CCC2)CCC[N+]=5CCC4)cc1. The van der Waals surface area contributed by atoms with Crippen LogP contribution in [-0.2, 0) is 25.7 Å². The van der Waals surface area contributed by atoms with Gasteiger partial charge in [0.1, 0.15) is 24.6 Å². The van der Waals surface area contributed by atoms with Crippen LogP contribution in [0.1, 0.15) is 75.8 Å². The summed E-state index contributed by atoms with van der Waals surface area (Å²) in [6.45, 7) is 5.76. The molecular weight excluding hydrogens is 508 g/mol. The van der Waals surface area contributed by atoms with Crippen LogP contribution < -0.4 is 35.8 Å². The van der Waals surface area contributed by atoms with E-state index in [1.165, 1.54) is 75.3 Å². The van der Waals surface area contributed by atoms with Crippen LogP contribution in [0.3, 0.4) is 0 Å². The van der Waals surface area contributed by atoms with Gasteiger partial charge in [0.15, 0.2) is 0 Å². The molecule has 0 atom stereocenters. The molecule has 0 unspecified atom stereocenters. The van der Waals surface area contributed by atoms with Crippen molar-refractivity contribution in [2.45, 2.75) is 57.8 Å². The Morgan fingerprint density at radius 2 is 1.66 bits per heavy atom. The summed E-state index contributed by atoms with van der Waals surface area (Å²) < 4.78 is 9.74. The first-order valence-corrected chi connectivity index (χ1v) is 15.7. The standard InChI is InChI=1S/C35H38N4O2/c36-14-5-15-37-35(40)23-12-10-22(11-13-23)30-28-20-24-6-1-16-38-18-3-8-26(31(24)38)33(28)41-34-27-9-4-19-39-17-2-7-25(32(27)39)21-29(30)34/h10-13,20-21H,1-9,14-19,36H2/p+1. The molecule has 0 aliphatic carbocycles. The molecule has 41 heavy (non-hydrogen) atoms. The number of hydrogen-bond donors (Lipinski definition) is 2. The average Bonchev–Trinajstić information content (AvgIpc) is 3.01. The molecular formula is C35H39N4O2+. The Morgan fingerprint density at radius 3 is 2.49 bits per heavy atom. The van der Waals surface area contributed by atoms with Gasteiger partial charge in [-0.2, -0.15) is 0 Å². The van der Waals surface area contributed by atoms with E-state index in [2.05, 4.69) is 39.1 Å². The lowest BCUT2D eigenvalue weighted by molar-refractivity contribution is 0.0953. The minimum Gasteiger partial charge on any atom is -0.455 e. The van der Waals surface area contributed by atoms with Crippen LogP contribution in [0.2, 0.25) is 0 Å². The van der Waals surface area contributed by atoms with Crippen molar-refractivity contribution in [2.75, 3.05) is 44.2 Å². The number of nitrogens with two attached hydrogens (primary N) is 1. The normalized spacial score (nSPS) is 18.1. The highest BCUT2D eigenvalue weighted by atomic mass is 16.5. The number of carbonyl (C=O) groups excluding carboxylic acids is 1. The molecule has 210 valence electrons. The Labute approximate surface area is 241 Å². The highest BCUT2D eigenvalue weighted by Gasteiger charge is 2.35. The maximum absolute atomic E-state index is 12.8. The van der Waals surface area contributed by atoms with E-state index in [9.17, 15) is 4.79 Å². The van der Waals surface area contributed by atoms with E-state index in [1.807, 2.05) is 12.1 Å². The highest BCUT2D eigenvalue weighted by Crippen LogP contribution is 2.48. The van der Waals surface area contributed by atoms with E-state index in [-0.39, 0.29) is 5.91 Å². The van der Waals surface area contributed by atoms with E-state index >= 15 is 0 Å². The first kappa shape index (κ1) is 25.1. The van der Waals surface area contributed by atoms with Crippen LogP contribution >= 0.6 is 0 Å². The number of nitrogens with one attached hydrogen (secondary N) is 1. The first-order chi connectivity index (χ1) is 20.2. The fourth-order valence-corrected chi connectivity index (χ4v) is 8.02. The molecule has 5 aliphatic rings. The quantitative estimate of drug-likeness (QED) is 0.298. The number of aryl methyl sites for hydroxylation is 2. The van der Waals surface area contributed by atoms with Crippen molar-refractivity contribution in [3.8, 4) is 11.5 Å². The van der Waals surface area contributed by atoms with Crippen molar-refractivity contribution in [3.63, 3.8) is 0 Å². The zero-order valence-corrected chi connectivity index (χ0v) is 23.9. The number of hydrogen-bond acceptors (Lipinski definition) is 4. The minimum atomic E-state index is -0.0417. The second kappa shape index (κ2) is 10.0. The van der Waals surface area contributed by atoms with Gasteiger partial charge in [-0.25, -0.2) is 4.58 Å². The smallest absolute Gasteiger partial charge is 0.251 e. The molecule has 3 aromatic carbocycles. The number of carbonyl (C=O) groups is 1. The van der Waals surface area contributed by atoms with Gasteiger partial charge in [0, 0.05) is 71.2 Å². The zero-order valence-electron chi connectivity index (χ0n) is 23.9. The molecule has 3 N–H and O–H groups in total. The molecule has 1 amide bonds. The third-order valence-electron chi connectivity index (χ3n) is 9.79. The summed E-state index contributed by atoms with van der Waals surface area (Å²) in [6, 6.07) is 13.1.